The molecule has 0 fully saturated rings. The largest absolute Gasteiger partial charge is 0.356 e. The normalized spacial score (nSPS) is 11.2. The second-order valence-corrected chi connectivity index (χ2v) is 5.14. The third kappa shape index (κ3) is 6.24. The first kappa shape index (κ1) is 15.5. The summed E-state index contributed by atoms with van der Waals surface area (Å²) in [5.74, 6) is 0.713. The van der Waals surface area contributed by atoms with Crippen molar-refractivity contribution in [1.82, 2.24) is 15.5 Å². The van der Waals surface area contributed by atoms with Gasteiger partial charge < -0.3 is 15.5 Å². The van der Waals surface area contributed by atoms with E-state index in [9.17, 15) is 4.79 Å². The molecule has 6 heteroatoms. The van der Waals surface area contributed by atoms with Crippen LogP contribution < -0.4 is 10.6 Å². The van der Waals surface area contributed by atoms with E-state index >= 15 is 0 Å². The van der Waals surface area contributed by atoms with Crippen molar-refractivity contribution in [3.63, 3.8) is 0 Å². The molecule has 5 nitrogen and oxygen atoms in total. The van der Waals surface area contributed by atoms with Crippen LogP contribution in [-0.4, -0.2) is 44.0 Å². The molecule has 2 N–H and O–H groups in total. The number of carbonyl (C=O) groups excluding carboxylic acids is 1. The summed E-state index contributed by atoms with van der Waals surface area (Å²) in [7, 11) is 3.48. The lowest BCUT2D eigenvalue weighted by Crippen LogP contribution is -2.43. The Bertz CT molecular complexity index is 401. The van der Waals surface area contributed by atoms with Crippen LogP contribution in [0.2, 0.25) is 0 Å². The molecule has 1 aromatic rings. The van der Waals surface area contributed by atoms with Crippen LogP contribution in [0.15, 0.2) is 21.8 Å². The molecule has 0 aliphatic heterocycles. The highest BCUT2D eigenvalue weighted by Crippen LogP contribution is 2.06. The zero-order valence-corrected chi connectivity index (χ0v) is 12.6. The summed E-state index contributed by atoms with van der Waals surface area (Å²) < 4.78 is 0. The average molecular weight is 282 g/mol. The minimum atomic E-state index is 0.0292. The molecule has 0 unspecified atom stereocenters. The molecule has 1 aromatic heterocycles. The van der Waals surface area contributed by atoms with E-state index in [2.05, 4.69) is 34.0 Å². The monoisotopic (exact) mass is 282 g/mol. The van der Waals surface area contributed by atoms with Gasteiger partial charge >= 0.3 is 0 Å². The van der Waals surface area contributed by atoms with Crippen molar-refractivity contribution < 1.29 is 4.79 Å². The second-order valence-electron chi connectivity index (χ2n) is 4.36. The fourth-order valence-electron chi connectivity index (χ4n) is 1.29. The number of rotatable bonds is 6. The Hall–Kier alpha value is -1.56. The van der Waals surface area contributed by atoms with Gasteiger partial charge in [-0.1, -0.05) is 6.92 Å². The molecule has 106 valence electrons. The molecule has 0 aliphatic carbocycles. The second kappa shape index (κ2) is 8.53. The highest BCUT2D eigenvalue weighted by Gasteiger charge is 2.05. The van der Waals surface area contributed by atoms with E-state index in [1.807, 2.05) is 5.38 Å². The van der Waals surface area contributed by atoms with Crippen LogP contribution in [0.5, 0.6) is 0 Å². The fraction of sp³-hybridized carbons (Fsp3) is 0.538. The van der Waals surface area contributed by atoms with Gasteiger partial charge in [-0.15, -0.1) is 0 Å². The third-order valence-corrected chi connectivity index (χ3v) is 3.18. The van der Waals surface area contributed by atoms with Gasteiger partial charge in [0.1, 0.15) is 0 Å². The number of carbonyl (C=O) groups is 1. The number of amides is 1. The van der Waals surface area contributed by atoms with E-state index in [1.54, 1.807) is 30.3 Å². The Morgan fingerprint density at radius 2 is 2.21 bits per heavy atom. The summed E-state index contributed by atoms with van der Waals surface area (Å²) in [5, 5.41) is 10.4. The van der Waals surface area contributed by atoms with Gasteiger partial charge in [0, 0.05) is 20.6 Å². The predicted molar refractivity (Wildman–Crippen MR) is 80.4 cm³/mol. The molecule has 0 aromatic carbocycles. The number of guanidine groups is 1. The van der Waals surface area contributed by atoms with E-state index in [0.717, 1.165) is 13.0 Å². The van der Waals surface area contributed by atoms with Crippen LogP contribution >= 0.6 is 11.3 Å². The number of aliphatic imine (C=N–C) groups is 1. The standard InChI is InChI=1S/C13H22N4OS/c1-4-6-14-13(16-9-12(18)17(2)3)15-8-11-5-7-19-10-11/h5,7,10H,4,6,8-9H2,1-3H3,(H2,14,15,16). The molecule has 1 amide bonds. The maximum atomic E-state index is 11.5. The summed E-state index contributed by atoms with van der Waals surface area (Å²) in [6, 6.07) is 2.05. The number of hydrogen-bond acceptors (Lipinski definition) is 3. The van der Waals surface area contributed by atoms with Gasteiger partial charge in [0.05, 0.1) is 13.1 Å². The summed E-state index contributed by atoms with van der Waals surface area (Å²) >= 11 is 1.66. The van der Waals surface area contributed by atoms with Crippen molar-refractivity contribution in [2.75, 3.05) is 27.2 Å². The van der Waals surface area contributed by atoms with Crippen molar-refractivity contribution in [2.45, 2.75) is 19.9 Å². The van der Waals surface area contributed by atoms with Gasteiger partial charge in [-0.25, -0.2) is 4.99 Å². The smallest absolute Gasteiger partial charge is 0.241 e. The quantitative estimate of drug-likeness (QED) is 0.610. The maximum Gasteiger partial charge on any atom is 0.241 e. The number of thiophene rings is 1. The van der Waals surface area contributed by atoms with Crippen LogP contribution in [-0.2, 0) is 11.3 Å². The Morgan fingerprint density at radius 1 is 1.42 bits per heavy atom. The van der Waals surface area contributed by atoms with Crippen LogP contribution in [0.25, 0.3) is 0 Å². The van der Waals surface area contributed by atoms with Gasteiger partial charge in [-0.05, 0) is 28.8 Å². The number of likely N-dealkylation sites (N-methyl/N-ethyl adjacent to an activating group) is 1. The van der Waals surface area contributed by atoms with E-state index in [4.69, 9.17) is 0 Å². The molecule has 0 saturated heterocycles. The van der Waals surface area contributed by atoms with E-state index in [0.29, 0.717) is 12.5 Å². The molecule has 1 rings (SSSR count). The molecule has 0 atom stereocenters. The zero-order valence-electron chi connectivity index (χ0n) is 11.8. The molecular formula is C13H22N4OS. The van der Waals surface area contributed by atoms with Gasteiger partial charge in [0.25, 0.3) is 0 Å². The molecule has 0 aliphatic rings. The lowest BCUT2D eigenvalue weighted by atomic mass is 10.3. The van der Waals surface area contributed by atoms with Crippen molar-refractivity contribution in [3.8, 4) is 0 Å². The lowest BCUT2D eigenvalue weighted by molar-refractivity contribution is -0.127. The summed E-state index contributed by atoms with van der Waals surface area (Å²) in [6.07, 6.45) is 1.01. The van der Waals surface area contributed by atoms with E-state index < -0.39 is 0 Å². The lowest BCUT2D eigenvalue weighted by Gasteiger charge is -2.14. The highest BCUT2D eigenvalue weighted by molar-refractivity contribution is 7.07. The van der Waals surface area contributed by atoms with Crippen LogP contribution in [0.1, 0.15) is 18.9 Å². The van der Waals surface area contributed by atoms with Crippen molar-refractivity contribution >= 4 is 23.2 Å². The Balaban J connectivity index is 2.50. The van der Waals surface area contributed by atoms with Crippen LogP contribution in [0.3, 0.4) is 0 Å². The maximum absolute atomic E-state index is 11.5. The number of nitrogens with one attached hydrogen (secondary N) is 2. The van der Waals surface area contributed by atoms with Gasteiger partial charge in [0.15, 0.2) is 5.96 Å². The highest BCUT2D eigenvalue weighted by atomic mass is 32.1. The first-order valence-electron chi connectivity index (χ1n) is 6.37. The molecule has 1 heterocycles. The first-order chi connectivity index (χ1) is 9.13. The average Bonchev–Trinajstić information content (AvgIpc) is 2.90. The minimum Gasteiger partial charge on any atom is -0.356 e. The van der Waals surface area contributed by atoms with Crippen molar-refractivity contribution in [1.29, 1.82) is 0 Å². The SMILES string of the molecule is CCCNC(=NCc1ccsc1)NCC(=O)N(C)C. The summed E-state index contributed by atoms with van der Waals surface area (Å²) in [5.41, 5.74) is 1.18. The van der Waals surface area contributed by atoms with Crippen LogP contribution in [0, 0.1) is 0 Å². The first-order valence-corrected chi connectivity index (χ1v) is 7.31. The molecule has 0 spiro atoms. The van der Waals surface area contributed by atoms with Gasteiger partial charge in [-0.3, -0.25) is 4.79 Å². The van der Waals surface area contributed by atoms with E-state index in [1.165, 1.54) is 5.56 Å². The molecule has 0 bridgehead atoms. The third-order valence-electron chi connectivity index (χ3n) is 2.45. The van der Waals surface area contributed by atoms with E-state index in [-0.39, 0.29) is 12.5 Å². The molecule has 19 heavy (non-hydrogen) atoms. The topological polar surface area (TPSA) is 56.7 Å². The van der Waals surface area contributed by atoms with Gasteiger partial charge in [0.2, 0.25) is 5.91 Å². The predicted octanol–water partition coefficient (Wildman–Crippen LogP) is 1.28. The minimum absolute atomic E-state index is 0.0292. The van der Waals surface area contributed by atoms with Gasteiger partial charge in [-0.2, -0.15) is 11.3 Å². The van der Waals surface area contributed by atoms with Crippen molar-refractivity contribution in [3.05, 3.63) is 22.4 Å². The molecule has 0 saturated carbocycles. The Morgan fingerprint density at radius 3 is 2.79 bits per heavy atom. The van der Waals surface area contributed by atoms with Crippen molar-refractivity contribution in [2.24, 2.45) is 4.99 Å². The fourth-order valence-corrected chi connectivity index (χ4v) is 1.95. The number of nitrogens with zero attached hydrogens (tertiary/aromatic N) is 2. The Kier molecular flexibility index (Phi) is 6.95. The zero-order chi connectivity index (χ0) is 14.1. The summed E-state index contributed by atoms with van der Waals surface area (Å²) in [6.45, 7) is 3.81. The van der Waals surface area contributed by atoms with Crippen LogP contribution in [0.4, 0.5) is 0 Å². The molecule has 0 radical (unpaired) electrons. The molecular weight excluding hydrogens is 260 g/mol. The Labute approximate surface area is 118 Å². The summed E-state index contributed by atoms with van der Waals surface area (Å²) in [4.78, 5) is 17.6. The number of hydrogen-bond donors (Lipinski definition) is 2.